The topological polar surface area (TPSA) is 35.2 Å². The van der Waals surface area contributed by atoms with Gasteiger partial charge in [0.05, 0.1) is 6.10 Å². The number of benzene rings is 1. The maximum Gasteiger partial charge on any atom is 0.184 e. The van der Waals surface area contributed by atoms with Crippen molar-refractivity contribution in [1.82, 2.24) is 0 Å². The van der Waals surface area contributed by atoms with Crippen LogP contribution in [-0.4, -0.2) is 14.4 Å². The second kappa shape index (κ2) is 7.13. The first-order valence-corrected chi connectivity index (χ1v) is 9.75. The highest BCUT2D eigenvalue weighted by molar-refractivity contribution is 6.69. The molecule has 0 aromatic heterocycles. The first-order chi connectivity index (χ1) is 7.70. The Labute approximate surface area is 126 Å². The first-order valence-electron chi connectivity index (χ1n) is 5.59. The molecule has 2 atom stereocenters. The van der Waals surface area contributed by atoms with Crippen LogP contribution >= 0.6 is 35.6 Å². The van der Waals surface area contributed by atoms with Gasteiger partial charge in [0.25, 0.3) is 0 Å². The molecule has 2 nitrogen and oxygen atoms in total. The summed E-state index contributed by atoms with van der Waals surface area (Å²) in [6.07, 6.45) is -0.175. The van der Waals surface area contributed by atoms with Gasteiger partial charge in [-0.1, -0.05) is 29.3 Å². The summed E-state index contributed by atoms with van der Waals surface area (Å²) in [4.78, 5) is 0. The van der Waals surface area contributed by atoms with Gasteiger partial charge in [-0.3, -0.25) is 0 Å². The van der Waals surface area contributed by atoms with Crippen molar-refractivity contribution in [2.24, 2.45) is 5.73 Å². The SMILES string of the molecule is CC(N)C(O[Si](C)(C)C)c1ccc(Cl)cc1Cl.Cl. The minimum Gasteiger partial charge on any atom is -0.409 e. The minimum absolute atomic E-state index is 0. The summed E-state index contributed by atoms with van der Waals surface area (Å²) in [5, 5.41) is 1.23. The zero-order valence-electron chi connectivity index (χ0n) is 11.0. The Balaban J connectivity index is 0.00000289. The molecule has 6 heteroatoms. The summed E-state index contributed by atoms with van der Waals surface area (Å²) in [6, 6.07) is 5.31. The number of hydrogen-bond donors (Lipinski definition) is 1. The standard InChI is InChI=1S/C12H19Cl2NOSi.ClH/c1-8(15)12(16-17(2,3)4)10-6-5-9(13)7-11(10)14;/h5-8,12H,15H2,1-4H3;1H. The highest BCUT2D eigenvalue weighted by Crippen LogP contribution is 2.32. The number of halogens is 3. The molecule has 2 unspecified atom stereocenters. The van der Waals surface area contributed by atoms with Crippen molar-refractivity contribution in [3.05, 3.63) is 33.8 Å². The van der Waals surface area contributed by atoms with E-state index >= 15 is 0 Å². The minimum atomic E-state index is -1.67. The first kappa shape index (κ1) is 18.2. The van der Waals surface area contributed by atoms with Gasteiger partial charge in [-0.15, -0.1) is 12.4 Å². The van der Waals surface area contributed by atoms with E-state index in [2.05, 4.69) is 19.6 Å². The third-order valence-corrected chi connectivity index (χ3v) is 3.75. The molecule has 0 fully saturated rings. The third kappa shape index (κ3) is 5.47. The van der Waals surface area contributed by atoms with Gasteiger partial charge in [-0.25, -0.2) is 0 Å². The van der Waals surface area contributed by atoms with Crippen LogP contribution in [0.2, 0.25) is 29.7 Å². The van der Waals surface area contributed by atoms with E-state index in [1.807, 2.05) is 19.1 Å². The maximum absolute atomic E-state index is 6.19. The van der Waals surface area contributed by atoms with Crippen LogP contribution in [0.5, 0.6) is 0 Å². The van der Waals surface area contributed by atoms with Crippen LogP contribution in [-0.2, 0) is 4.43 Å². The van der Waals surface area contributed by atoms with Gasteiger partial charge in [0.15, 0.2) is 8.32 Å². The molecular weight excluding hydrogens is 309 g/mol. The van der Waals surface area contributed by atoms with E-state index in [0.29, 0.717) is 10.0 Å². The quantitative estimate of drug-likeness (QED) is 0.816. The van der Waals surface area contributed by atoms with Crippen molar-refractivity contribution in [3.8, 4) is 0 Å². The van der Waals surface area contributed by atoms with Gasteiger partial charge >= 0.3 is 0 Å². The average Bonchev–Trinajstić information content (AvgIpc) is 2.13. The Morgan fingerprint density at radius 1 is 1.22 bits per heavy atom. The summed E-state index contributed by atoms with van der Waals surface area (Å²) in [5.41, 5.74) is 6.90. The van der Waals surface area contributed by atoms with Crippen molar-refractivity contribution in [3.63, 3.8) is 0 Å². The summed E-state index contributed by atoms with van der Waals surface area (Å²) in [6.45, 7) is 8.32. The molecule has 0 saturated carbocycles. The molecule has 0 bridgehead atoms. The van der Waals surface area contributed by atoms with E-state index in [4.69, 9.17) is 33.4 Å². The molecule has 0 spiro atoms. The summed E-state index contributed by atoms with van der Waals surface area (Å²) in [7, 11) is -1.67. The molecule has 0 aliphatic rings. The normalized spacial score (nSPS) is 14.8. The van der Waals surface area contributed by atoms with E-state index in [1.165, 1.54) is 0 Å². The lowest BCUT2D eigenvalue weighted by Gasteiger charge is -2.30. The molecule has 18 heavy (non-hydrogen) atoms. The van der Waals surface area contributed by atoms with E-state index < -0.39 is 8.32 Å². The molecule has 0 heterocycles. The number of hydrogen-bond acceptors (Lipinski definition) is 2. The molecule has 0 amide bonds. The maximum atomic E-state index is 6.19. The van der Waals surface area contributed by atoms with Crippen LogP contribution in [0, 0.1) is 0 Å². The fourth-order valence-corrected chi connectivity index (χ4v) is 3.19. The monoisotopic (exact) mass is 327 g/mol. The van der Waals surface area contributed by atoms with Crippen LogP contribution in [0.1, 0.15) is 18.6 Å². The van der Waals surface area contributed by atoms with Crippen molar-refractivity contribution in [1.29, 1.82) is 0 Å². The Morgan fingerprint density at radius 2 is 1.78 bits per heavy atom. The summed E-state index contributed by atoms with van der Waals surface area (Å²) < 4.78 is 6.09. The van der Waals surface area contributed by atoms with Gasteiger partial charge in [0.1, 0.15) is 0 Å². The molecule has 1 aromatic carbocycles. The van der Waals surface area contributed by atoms with E-state index in [9.17, 15) is 0 Å². The molecule has 0 aliphatic carbocycles. The van der Waals surface area contributed by atoms with Gasteiger partial charge in [0.2, 0.25) is 0 Å². The van der Waals surface area contributed by atoms with E-state index in [0.717, 1.165) is 5.56 Å². The van der Waals surface area contributed by atoms with Gasteiger partial charge in [0, 0.05) is 16.1 Å². The summed E-state index contributed by atoms with van der Waals surface area (Å²) in [5.74, 6) is 0. The molecule has 0 aliphatic heterocycles. The Hall–Kier alpha value is 0.227. The fraction of sp³-hybridized carbons (Fsp3) is 0.500. The van der Waals surface area contributed by atoms with Crippen LogP contribution in [0.15, 0.2) is 18.2 Å². The highest BCUT2D eigenvalue weighted by atomic mass is 35.5. The van der Waals surface area contributed by atoms with Crippen LogP contribution in [0.25, 0.3) is 0 Å². The second-order valence-electron chi connectivity index (χ2n) is 5.18. The largest absolute Gasteiger partial charge is 0.409 e. The summed E-state index contributed by atoms with van der Waals surface area (Å²) >= 11 is 12.1. The second-order valence-corrected chi connectivity index (χ2v) is 10.5. The van der Waals surface area contributed by atoms with Crippen molar-refractivity contribution < 1.29 is 4.43 Å². The van der Waals surface area contributed by atoms with Crippen molar-refractivity contribution in [2.45, 2.75) is 38.7 Å². The fourth-order valence-electron chi connectivity index (χ4n) is 1.57. The van der Waals surface area contributed by atoms with Gasteiger partial charge in [-0.05, 0) is 44.3 Å². The molecule has 1 aromatic rings. The van der Waals surface area contributed by atoms with Crippen LogP contribution in [0.3, 0.4) is 0 Å². The predicted octanol–water partition coefficient (Wildman–Crippen LogP) is 4.66. The van der Waals surface area contributed by atoms with Crippen LogP contribution in [0.4, 0.5) is 0 Å². The van der Waals surface area contributed by atoms with Crippen LogP contribution < -0.4 is 5.73 Å². The number of rotatable bonds is 4. The molecule has 2 N–H and O–H groups in total. The number of nitrogens with two attached hydrogens (primary N) is 1. The Morgan fingerprint density at radius 3 is 2.17 bits per heavy atom. The van der Waals surface area contributed by atoms with Crippen molar-refractivity contribution >= 4 is 43.9 Å². The highest BCUT2D eigenvalue weighted by Gasteiger charge is 2.26. The van der Waals surface area contributed by atoms with Gasteiger partial charge < -0.3 is 10.2 Å². The zero-order valence-corrected chi connectivity index (χ0v) is 14.4. The molecule has 104 valence electrons. The smallest absolute Gasteiger partial charge is 0.184 e. The van der Waals surface area contributed by atoms with E-state index in [1.54, 1.807) is 6.07 Å². The predicted molar refractivity (Wildman–Crippen MR) is 84.5 cm³/mol. The zero-order chi connectivity index (χ0) is 13.2. The average molecular weight is 329 g/mol. The third-order valence-electron chi connectivity index (χ3n) is 2.23. The van der Waals surface area contributed by atoms with E-state index in [-0.39, 0.29) is 24.6 Å². The lowest BCUT2D eigenvalue weighted by molar-refractivity contribution is 0.173. The molecule has 0 saturated heterocycles. The molecular formula is C12H20Cl3NOSi. The molecule has 0 radical (unpaired) electrons. The molecule has 1 rings (SSSR count). The Kier molecular flexibility index (Phi) is 7.22. The lowest BCUT2D eigenvalue weighted by Crippen LogP contribution is -2.36. The Bertz CT molecular complexity index is 393. The van der Waals surface area contributed by atoms with Crippen molar-refractivity contribution in [2.75, 3.05) is 0 Å². The lowest BCUT2D eigenvalue weighted by atomic mass is 10.0. The van der Waals surface area contributed by atoms with Gasteiger partial charge in [-0.2, -0.15) is 0 Å².